The lowest BCUT2D eigenvalue weighted by Gasteiger charge is -2.36. The monoisotopic (exact) mass is 430 g/mol. The topological polar surface area (TPSA) is 66.4 Å². The maximum atomic E-state index is 13.1. The van der Waals surface area contributed by atoms with Gasteiger partial charge in [-0.2, -0.15) is 0 Å². The first kappa shape index (κ1) is 21.8. The maximum Gasteiger partial charge on any atom is 0.253 e. The van der Waals surface area contributed by atoms with Crippen molar-refractivity contribution in [2.24, 2.45) is 5.92 Å². The van der Waals surface area contributed by atoms with Crippen LogP contribution in [0.25, 0.3) is 0 Å². The Bertz CT molecular complexity index is 1070. The predicted octanol–water partition coefficient (Wildman–Crippen LogP) is 3.92. The van der Waals surface area contributed by atoms with Gasteiger partial charge in [0.2, 0.25) is 5.91 Å². The lowest BCUT2D eigenvalue weighted by atomic mass is 10.00. The van der Waals surface area contributed by atoms with Crippen LogP contribution in [0.4, 0.5) is 5.69 Å². The molecule has 2 amide bonds. The summed E-state index contributed by atoms with van der Waals surface area (Å²) in [5.74, 6) is 0.0521. The predicted molar refractivity (Wildman–Crippen MR) is 127 cm³/mol. The molecular formula is C26H30N4O2. The molecule has 32 heavy (non-hydrogen) atoms. The second-order valence-corrected chi connectivity index (χ2v) is 8.61. The molecule has 2 N–H and O–H groups in total. The van der Waals surface area contributed by atoms with Crippen LogP contribution in [0.3, 0.4) is 0 Å². The molecule has 6 heteroatoms. The van der Waals surface area contributed by atoms with Crippen molar-refractivity contribution in [3.8, 4) is 0 Å². The van der Waals surface area contributed by atoms with Gasteiger partial charge in [0.15, 0.2) is 0 Å². The van der Waals surface area contributed by atoms with Crippen LogP contribution < -0.4 is 10.6 Å². The standard InChI is InChI=1S/C26H30N4O2/c1-19(2)17-27-26(32)21-11-6-7-12-22(21)28-24(31)18-30-16-15-29-14-8-13-23(29)25(30)20-9-4-3-5-10-20/h3-14,19,25H,15-18H2,1-2H3,(H,27,32)(H,28,31). The van der Waals surface area contributed by atoms with Crippen LogP contribution in [-0.4, -0.2) is 40.9 Å². The van der Waals surface area contributed by atoms with E-state index in [1.165, 1.54) is 5.69 Å². The lowest BCUT2D eigenvalue weighted by molar-refractivity contribution is -0.117. The van der Waals surface area contributed by atoms with Crippen molar-refractivity contribution in [2.45, 2.75) is 26.4 Å². The smallest absolute Gasteiger partial charge is 0.253 e. The van der Waals surface area contributed by atoms with Crippen molar-refractivity contribution in [3.05, 3.63) is 89.7 Å². The van der Waals surface area contributed by atoms with Crippen LogP contribution in [0.5, 0.6) is 0 Å². The lowest BCUT2D eigenvalue weighted by Crippen LogP contribution is -2.42. The third kappa shape index (κ3) is 4.92. The van der Waals surface area contributed by atoms with Gasteiger partial charge in [0.25, 0.3) is 5.91 Å². The maximum absolute atomic E-state index is 13.1. The average Bonchev–Trinajstić information content (AvgIpc) is 3.27. The molecule has 3 aromatic rings. The highest BCUT2D eigenvalue weighted by Gasteiger charge is 2.30. The number of rotatable bonds is 7. The van der Waals surface area contributed by atoms with Gasteiger partial charge in [-0.3, -0.25) is 14.5 Å². The van der Waals surface area contributed by atoms with E-state index in [9.17, 15) is 9.59 Å². The first-order chi connectivity index (χ1) is 15.5. The molecule has 4 rings (SSSR count). The van der Waals surface area contributed by atoms with Crippen molar-refractivity contribution in [1.29, 1.82) is 0 Å². The zero-order chi connectivity index (χ0) is 22.5. The molecule has 166 valence electrons. The van der Waals surface area contributed by atoms with Crippen LogP contribution in [0.15, 0.2) is 72.9 Å². The molecule has 1 aliphatic rings. The van der Waals surface area contributed by atoms with Crippen molar-refractivity contribution < 1.29 is 9.59 Å². The molecule has 6 nitrogen and oxygen atoms in total. The Kier molecular flexibility index (Phi) is 6.71. The number of nitrogens with one attached hydrogen (secondary N) is 2. The number of nitrogens with zero attached hydrogens (tertiary/aromatic N) is 2. The molecule has 1 aromatic heterocycles. The molecule has 2 aromatic carbocycles. The van der Waals surface area contributed by atoms with Gasteiger partial charge < -0.3 is 15.2 Å². The van der Waals surface area contributed by atoms with Gasteiger partial charge in [-0.05, 0) is 35.7 Å². The van der Waals surface area contributed by atoms with E-state index in [4.69, 9.17) is 0 Å². The van der Waals surface area contributed by atoms with Gasteiger partial charge in [0, 0.05) is 31.5 Å². The minimum atomic E-state index is -0.174. The Morgan fingerprint density at radius 1 is 0.969 bits per heavy atom. The molecule has 0 spiro atoms. The van der Waals surface area contributed by atoms with Gasteiger partial charge in [-0.1, -0.05) is 56.3 Å². The molecule has 0 bridgehead atoms. The van der Waals surface area contributed by atoms with Crippen LogP contribution in [0.1, 0.15) is 41.5 Å². The number of anilines is 1. The summed E-state index contributed by atoms with van der Waals surface area (Å²) in [6, 6.07) is 21.6. The zero-order valence-electron chi connectivity index (χ0n) is 18.6. The fourth-order valence-corrected chi connectivity index (χ4v) is 4.18. The summed E-state index contributed by atoms with van der Waals surface area (Å²) >= 11 is 0. The number of fused-ring (bicyclic) bond motifs is 1. The summed E-state index contributed by atoms with van der Waals surface area (Å²) in [6.45, 7) is 6.54. The van der Waals surface area contributed by atoms with Crippen LogP contribution in [0, 0.1) is 5.92 Å². The Labute approximate surface area is 189 Å². The van der Waals surface area contributed by atoms with Gasteiger partial charge in [-0.15, -0.1) is 0 Å². The summed E-state index contributed by atoms with van der Waals surface area (Å²) in [5.41, 5.74) is 3.36. The molecular weight excluding hydrogens is 400 g/mol. The van der Waals surface area contributed by atoms with Gasteiger partial charge in [0.1, 0.15) is 0 Å². The number of amides is 2. The number of carbonyl (C=O) groups excluding carboxylic acids is 2. The third-order valence-electron chi connectivity index (χ3n) is 5.72. The minimum absolute atomic E-state index is 0.00952. The van der Waals surface area contributed by atoms with Crippen molar-refractivity contribution >= 4 is 17.5 Å². The third-order valence-corrected chi connectivity index (χ3v) is 5.72. The number of benzene rings is 2. The molecule has 0 radical (unpaired) electrons. The number of para-hydroxylation sites is 1. The van der Waals surface area contributed by atoms with E-state index in [0.717, 1.165) is 18.7 Å². The second kappa shape index (κ2) is 9.83. The molecule has 0 fully saturated rings. The molecule has 0 saturated carbocycles. The molecule has 1 aliphatic heterocycles. The second-order valence-electron chi connectivity index (χ2n) is 8.61. The van der Waals surface area contributed by atoms with E-state index in [2.05, 4.69) is 50.6 Å². The normalized spacial score (nSPS) is 15.9. The molecule has 1 atom stereocenters. The summed E-state index contributed by atoms with van der Waals surface area (Å²) in [7, 11) is 0. The Morgan fingerprint density at radius 3 is 2.50 bits per heavy atom. The van der Waals surface area contributed by atoms with Crippen LogP contribution in [0.2, 0.25) is 0 Å². The summed E-state index contributed by atoms with van der Waals surface area (Å²) in [6.07, 6.45) is 2.09. The van der Waals surface area contributed by atoms with E-state index in [-0.39, 0.29) is 24.4 Å². The number of carbonyl (C=O) groups is 2. The van der Waals surface area contributed by atoms with Crippen LogP contribution in [-0.2, 0) is 11.3 Å². The fourth-order valence-electron chi connectivity index (χ4n) is 4.18. The highest BCUT2D eigenvalue weighted by Crippen LogP contribution is 2.32. The Balaban J connectivity index is 1.50. The Hall–Kier alpha value is -3.38. The number of hydrogen-bond donors (Lipinski definition) is 2. The van der Waals surface area contributed by atoms with E-state index in [1.807, 2.05) is 44.2 Å². The minimum Gasteiger partial charge on any atom is -0.352 e. The molecule has 0 aliphatic carbocycles. The highest BCUT2D eigenvalue weighted by molar-refractivity contribution is 6.04. The first-order valence-electron chi connectivity index (χ1n) is 11.1. The summed E-state index contributed by atoms with van der Waals surface area (Å²) in [5, 5.41) is 5.89. The Morgan fingerprint density at radius 2 is 1.72 bits per heavy atom. The molecule has 0 saturated heterocycles. The number of hydrogen-bond acceptors (Lipinski definition) is 3. The van der Waals surface area contributed by atoms with E-state index in [1.54, 1.807) is 12.1 Å². The highest BCUT2D eigenvalue weighted by atomic mass is 16.2. The molecule has 2 heterocycles. The van der Waals surface area contributed by atoms with Crippen molar-refractivity contribution in [1.82, 2.24) is 14.8 Å². The van der Waals surface area contributed by atoms with Gasteiger partial charge in [-0.25, -0.2) is 0 Å². The largest absolute Gasteiger partial charge is 0.352 e. The van der Waals surface area contributed by atoms with Gasteiger partial charge in [0.05, 0.1) is 23.8 Å². The summed E-state index contributed by atoms with van der Waals surface area (Å²) < 4.78 is 2.25. The fraction of sp³-hybridized carbons (Fsp3) is 0.308. The van der Waals surface area contributed by atoms with Crippen LogP contribution >= 0.6 is 0 Å². The quantitative estimate of drug-likeness (QED) is 0.597. The zero-order valence-corrected chi connectivity index (χ0v) is 18.6. The molecule has 1 unspecified atom stereocenters. The van der Waals surface area contributed by atoms with Gasteiger partial charge >= 0.3 is 0 Å². The first-order valence-corrected chi connectivity index (χ1v) is 11.1. The van der Waals surface area contributed by atoms with Crippen molar-refractivity contribution in [3.63, 3.8) is 0 Å². The SMILES string of the molecule is CC(C)CNC(=O)c1ccccc1NC(=O)CN1CCn2cccc2C1c1ccccc1. The van der Waals surface area contributed by atoms with E-state index >= 15 is 0 Å². The summed E-state index contributed by atoms with van der Waals surface area (Å²) in [4.78, 5) is 27.9. The van der Waals surface area contributed by atoms with Crippen molar-refractivity contribution in [2.75, 3.05) is 25.0 Å². The van der Waals surface area contributed by atoms with E-state index in [0.29, 0.717) is 23.7 Å². The number of aromatic nitrogens is 1. The average molecular weight is 431 g/mol. The van der Waals surface area contributed by atoms with E-state index < -0.39 is 0 Å².